The Labute approximate surface area is 114 Å². The van der Waals surface area contributed by atoms with E-state index < -0.39 is 17.8 Å². The van der Waals surface area contributed by atoms with Crippen molar-refractivity contribution in [2.45, 2.75) is 19.9 Å². The maximum absolute atomic E-state index is 13.6. The maximum Gasteiger partial charge on any atom is 0.330 e. The molecule has 0 bridgehead atoms. The largest absolute Gasteiger partial charge is 0.479 e. The van der Waals surface area contributed by atoms with Crippen molar-refractivity contribution in [2.24, 2.45) is 0 Å². The minimum Gasteiger partial charge on any atom is -0.479 e. The van der Waals surface area contributed by atoms with Crippen molar-refractivity contribution < 1.29 is 14.3 Å². The van der Waals surface area contributed by atoms with E-state index in [-0.39, 0.29) is 5.69 Å². The lowest BCUT2D eigenvalue weighted by Gasteiger charge is -2.16. The number of benzene rings is 1. The van der Waals surface area contributed by atoms with Crippen LogP contribution >= 0.6 is 11.3 Å². The van der Waals surface area contributed by atoms with Crippen LogP contribution in [0.4, 0.5) is 10.1 Å². The van der Waals surface area contributed by atoms with Gasteiger partial charge in [-0.1, -0.05) is 12.1 Å². The van der Waals surface area contributed by atoms with Gasteiger partial charge in [0.15, 0.2) is 6.04 Å². The molecule has 1 unspecified atom stereocenters. The normalized spacial score (nSPS) is 12.2. The Morgan fingerprint density at radius 2 is 2.05 bits per heavy atom. The number of aryl methyl sites for hydroxylation is 2. The number of nitrogens with one attached hydrogen (secondary N) is 1. The van der Waals surface area contributed by atoms with Gasteiger partial charge in [-0.15, -0.1) is 11.3 Å². The molecule has 0 spiro atoms. The number of halogens is 1. The zero-order chi connectivity index (χ0) is 14.0. The number of hydrogen-bond acceptors (Lipinski definition) is 3. The van der Waals surface area contributed by atoms with Gasteiger partial charge < -0.3 is 10.4 Å². The van der Waals surface area contributed by atoms with Crippen LogP contribution in [0.1, 0.15) is 21.4 Å². The minimum absolute atomic E-state index is 0.193. The Kier molecular flexibility index (Phi) is 3.85. The molecule has 2 rings (SSSR count). The summed E-state index contributed by atoms with van der Waals surface area (Å²) in [5, 5.41) is 12.1. The monoisotopic (exact) mass is 279 g/mol. The Bertz CT molecular complexity index is 609. The molecule has 0 radical (unpaired) electrons. The first-order valence-electron chi connectivity index (χ1n) is 5.80. The van der Waals surface area contributed by atoms with Crippen molar-refractivity contribution in [1.29, 1.82) is 0 Å². The Morgan fingerprint density at radius 3 is 2.58 bits per heavy atom. The van der Waals surface area contributed by atoms with Gasteiger partial charge in [-0.3, -0.25) is 0 Å². The van der Waals surface area contributed by atoms with Crippen LogP contribution in [0.15, 0.2) is 30.3 Å². The zero-order valence-electron chi connectivity index (χ0n) is 10.6. The van der Waals surface area contributed by atoms with Crippen LogP contribution in [-0.2, 0) is 4.79 Å². The Morgan fingerprint density at radius 1 is 1.37 bits per heavy atom. The number of aliphatic carboxylic acids is 1. The van der Waals surface area contributed by atoms with Crippen molar-refractivity contribution in [3.8, 4) is 0 Å². The van der Waals surface area contributed by atoms with Gasteiger partial charge in [0.1, 0.15) is 5.82 Å². The molecular formula is C14H14FNO2S. The minimum atomic E-state index is -1.02. The molecule has 1 heterocycles. The molecule has 2 aromatic rings. The second-order valence-corrected chi connectivity index (χ2v) is 5.72. The number of anilines is 1. The molecule has 1 atom stereocenters. The lowest BCUT2D eigenvalue weighted by Crippen LogP contribution is -2.21. The smallest absolute Gasteiger partial charge is 0.330 e. The van der Waals surface area contributed by atoms with E-state index in [4.69, 9.17) is 0 Å². The number of carbonyl (C=O) groups is 1. The number of rotatable bonds is 4. The number of carboxylic acids is 1. The molecular weight excluding hydrogens is 265 g/mol. The quantitative estimate of drug-likeness (QED) is 0.896. The molecule has 0 aliphatic rings. The molecule has 3 nitrogen and oxygen atoms in total. The molecule has 2 N–H and O–H groups in total. The summed E-state index contributed by atoms with van der Waals surface area (Å²) in [5.74, 6) is -1.48. The van der Waals surface area contributed by atoms with Crippen LogP contribution in [-0.4, -0.2) is 11.1 Å². The lowest BCUT2D eigenvalue weighted by molar-refractivity contribution is -0.138. The van der Waals surface area contributed by atoms with Crippen LogP contribution in [0.3, 0.4) is 0 Å². The Balaban J connectivity index is 2.35. The van der Waals surface area contributed by atoms with E-state index in [1.807, 2.05) is 19.9 Å². The van der Waals surface area contributed by atoms with Gasteiger partial charge >= 0.3 is 5.97 Å². The van der Waals surface area contributed by atoms with Crippen LogP contribution in [0, 0.1) is 19.7 Å². The van der Waals surface area contributed by atoms with Gasteiger partial charge in [-0.05, 0) is 37.6 Å². The van der Waals surface area contributed by atoms with E-state index in [9.17, 15) is 14.3 Å². The Hall–Kier alpha value is -1.88. The maximum atomic E-state index is 13.6. The molecule has 0 aliphatic carbocycles. The van der Waals surface area contributed by atoms with Crippen LogP contribution < -0.4 is 5.32 Å². The third-order valence-corrected chi connectivity index (χ3v) is 3.79. The average Bonchev–Trinajstić information content (AvgIpc) is 2.67. The van der Waals surface area contributed by atoms with E-state index >= 15 is 0 Å². The summed E-state index contributed by atoms with van der Waals surface area (Å²) in [6.07, 6.45) is 0. The molecule has 0 saturated heterocycles. The summed E-state index contributed by atoms with van der Waals surface area (Å²) in [6.45, 7) is 3.79. The molecule has 5 heteroatoms. The molecule has 0 aliphatic heterocycles. The molecule has 1 aromatic heterocycles. The predicted octanol–water partition coefficient (Wildman–Crippen LogP) is 3.74. The summed E-state index contributed by atoms with van der Waals surface area (Å²) in [6, 6.07) is 6.94. The van der Waals surface area contributed by atoms with E-state index in [1.165, 1.54) is 23.5 Å². The first-order chi connectivity index (χ1) is 8.99. The highest BCUT2D eigenvalue weighted by Crippen LogP contribution is 2.29. The fourth-order valence-electron chi connectivity index (χ4n) is 1.94. The van der Waals surface area contributed by atoms with Gasteiger partial charge in [-0.25, -0.2) is 9.18 Å². The molecule has 0 saturated carbocycles. The summed E-state index contributed by atoms with van der Waals surface area (Å²) < 4.78 is 13.6. The van der Waals surface area contributed by atoms with Gasteiger partial charge in [0.2, 0.25) is 0 Å². The van der Waals surface area contributed by atoms with Gasteiger partial charge in [0, 0.05) is 9.75 Å². The van der Waals surface area contributed by atoms with Crippen molar-refractivity contribution in [2.75, 3.05) is 5.32 Å². The van der Waals surface area contributed by atoms with E-state index in [1.54, 1.807) is 12.1 Å². The van der Waals surface area contributed by atoms with Crippen molar-refractivity contribution in [3.63, 3.8) is 0 Å². The van der Waals surface area contributed by atoms with Crippen molar-refractivity contribution >= 4 is 23.0 Å². The highest BCUT2D eigenvalue weighted by atomic mass is 32.1. The van der Waals surface area contributed by atoms with E-state index in [0.29, 0.717) is 5.56 Å². The first kappa shape index (κ1) is 13.5. The second-order valence-electron chi connectivity index (χ2n) is 4.26. The second kappa shape index (κ2) is 5.40. The molecule has 1 aromatic carbocycles. The van der Waals surface area contributed by atoms with Crippen LogP contribution in [0.5, 0.6) is 0 Å². The molecule has 19 heavy (non-hydrogen) atoms. The predicted molar refractivity (Wildman–Crippen MR) is 74.2 cm³/mol. The topological polar surface area (TPSA) is 49.3 Å². The summed E-state index contributed by atoms with van der Waals surface area (Å²) >= 11 is 1.53. The first-order valence-corrected chi connectivity index (χ1v) is 6.61. The summed E-state index contributed by atoms with van der Waals surface area (Å²) in [5.41, 5.74) is 0.872. The van der Waals surface area contributed by atoms with Crippen LogP contribution in [0.2, 0.25) is 0 Å². The third-order valence-electron chi connectivity index (χ3n) is 2.81. The van der Waals surface area contributed by atoms with Crippen molar-refractivity contribution in [3.05, 3.63) is 51.5 Å². The standard InChI is InChI=1S/C14H14FNO2S/c1-8-7-10(9(2)19-8)13(14(17)18)16-12-6-4-3-5-11(12)15/h3-7,13,16H,1-2H3,(H,17,18). The molecule has 100 valence electrons. The number of para-hydroxylation sites is 1. The van der Waals surface area contributed by atoms with E-state index in [0.717, 1.165) is 9.75 Å². The molecule has 0 fully saturated rings. The lowest BCUT2D eigenvalue weighted by atomic mass is 10.1. The SMILES string of the molecule is Cc1cc(C(Nc2ccccc2F)C(=O)O)c(C)s1. The number of thiophene rings is 1. The highest BCUT2D eigenvalue weighted by molar-refractivity contribution is 7.12. The molecule has 0 amide bonds. The number of hydrogen-bond donors (Lipinski definition) is 2. The summed E-state index contributed by atoms with van der Waals surface area (Å²) in [7, 11) is 0. The van der Waals surface area contributed by atoms with Gasteiger partial charge in [0.05, 0.1) is 5.69 Å². The fourth-order valence-corrected chi connectivity index (χ4v) is 2.91. The van der Waals surface area contributed by atoms with Gasteiger partial charge in [-0.2, -0.15) is 0 Å². The zero-order valence-corrected chi connectivity index (χ0v) is 11.4. The summed E-state index contributed by atoms with van der Waals surface area (Å²) in [4.78, 5) is 13.4. The van der Waals surface area contributed by atoms with Crippen molar-refractivity contribution in [1.82, 2.24) is 0 Å². The van der Waals surface area contributed by atoms with E-state index in [2.05, 4.69) is 5.32 Å². The van der Waals surface area contributed by atoms with Crippen LogP contribution in [0.25, 0.3) is 0 Å². The highest BCUT2D eigenvalue weighted by Gasteiger charge is 2.23. The fraction of sp³-hybridized carbons (Fsp3) is 0.214. The third kappa shape index (κ3) is 2.93. The van der Waals surface area contributed by atoms with Gasteiger partial charge in [0.25, 0.3) is 0 Å². The average molecular weight is 279 g/mol. The number of carboxylic acid groups (broad SMARTS) is 1.